The summed E-state index contributed by atoms with van der Waals surface area (Å²) in [5.74, 6) is 0. The molecule has 2 aromatic rings. The van der Waals surface area contributed by atoms with E-state index in [1.165, 1.54) is 18.3 Å². The van der Waals surface area contributed by atoms with Crippen LogP contribution in [0.25, 0.3) is 0 Å². The molecule has 2 rings (SSSR count). The number of sulfonamides is 1. The van der Waals surface area contributed by atoms with Crippen LogP contribution in [0.2, 0.25) is 10.2 Å². The van der Waals surface area contributed by atoms with Crippen molar-refractivity contribution in [3.8, 4) is 0 Å². The molecule has 0 atom stereocenters. The minimum atomic E-state index is -3.70. The van der Waals surface area contributed by atoms with Crippen LogP contribution in [0.15, 0.2) is 41.4 Å². The highest BCUT2D eigenvalue weighted by Crippen LogP contribution is 2.23. The number of rotatable bonds is 3. The molecule has 0 aliphatic heterocycles. The van der Waals surface area contributed by atoms with Crippen LogP contribution in [0.5, 0.6) is 0 Å². The highest BCUT2D eigenvalue weighted by atomic mass is 35.5. The van der Waals surface area contributed by atoms with Crippen LogP contribution in [0.3, 0.4) is 0 Å². The summed E-state index contributed by atoms with van der Waals surface area (Å²) in [5.41, 5.74) is 1.26. The first-order valence-corrected chi connectivity index (χ1v) is 7.53. The minimum absolute atomic E-state index is 0.0456. The van der Waals surface area contributed by atoms with Crippen LogP contribution < -0.4 is 4.72 Å². The quantitative estimate of drug-likeness (QED) is 0.882. The zero-order chi connectivity index (χ0) is 14.0. The lowest BCUT2D eigenvalue weighted by molar-refractivity contribution is 0.601. The highest BCUT2D eigenvalue weighted by molar-refractivity contribution is 7.92. The van der Waals surface area contributed by atoms with E-state index in [0.29, 0.717) is 10.7 Å². The molecule has 0 saturated heterocycles. The smallest absolute Gasteiger partial charge is 0.262 e. The number of aryl methyl sites for hydroxylation is 1. The van der Waals surface area contributed by atoms with Gasteiger partial charge in [0.25, 0.3) is 10.0 Å². The number of pyridine rings is 1. The summed E-state index contributed by atoms with van der Waals surface area (Å²) in [6.45, 7) is 1.84. The van der Waals surface area contributed by atoms with E-state index in [1.807, 2.05) is 6.92 Å². The predicted molar refractivity (Wildman–Crippen MR) is 76.2 cm³/mol. The second-order valence-corrected chi connectivity index (χ2v) is 6.36. The molecule has 1 aromatic heterocycles. The van der Waals surface area contributed by atoms with E-state index in [0.717, 1.165) is 5.56 Å². The number of aromatic nitrogens is 1. The lowest BCUT2D eigenvalue weighted by atomic mass is 10.2. The summed E-state index contributed by atoms with van der Waals surface area (Å²) in [7, 11) is -3.70. The molecular weight excluding hydrogens is 307 g/mol. The Bertz CT molecular complexity index is 717. The van der Waals surface area contributed by atoms with Crippen molar-refractivity contribution in [2.24, 2.45) is 0 Å². The second-order valence-electron chi connectivity index (χ2n) is 3.88. The number of hydrogen-bond donors (Lipinski definition) is 1. The molecule has 0 saturated carbocycles. The lowest BCUT2D eigenvalue weighted by Crippen LogP contribution is -2.13. The van der Waals surface area contributed by atoms with E-state index in [1.54, 1.807) is 18.2 Å². The van der Waals surface area contributed by atoms with Crippen LogP contribution >= 0.6 is 23.2 Å². The van der Waals surface area contributed by atoms with E-state index in [9.17, 15) is 8.42 Å². The maximum atomic E-state index is 12.1. The molecule has 19 heavy (non-hydrogen) atoms. The van der Waals surface area contributed by atoms with Gasteiger partial charge in [-0.15, -0.1) is 0 Å². The summed E-state index contributed by atoms with van der Waals surface area (Å²) in [6, 6.07) is 7.57. The van der Waals surface area contributed by atoms with Crippen molar-refractivity contribution >= 4 is 38.9 Å². The Kier molecular flexibility index (Phi) is 3.99. The van der Waals surface area contributed by atoms with Gasteiger partial charge in [0.05, 0.1) is 10.6 Å². The average molecular weight is 317 g/mol. The van der Waals surface area contributed by atoms with Gasteiger partial charge in [-0.2, -0.15) is 0 Å². The van der Waals surface area contributed by atoms with Crippen molar-refractivity contribution in [2.45, 2.75) is 11.8 Å². The molecule has 100 valence electrons. The van der Waals surface area contributed by atoms with Gasteiger partial charge in [-0.25, -0.2) is 13.4 Å². The van der Waals surface area contributed by atoms with Gasteiger partial charge >= 0.3 is 0 Å². The van der Waals surface area contributed by atoms with Crippen molar-refractivity contribution in [3.63, 3.8) is 0 Å². The average Bonchev–Trinajstić information content (AvgIpc) is 2.33. The number of nitrogens with zero attached hydrogens (tertiary/aromatic N) is 1. The molecule has 4 nitrogen and oxygen atoms in total. The molecule has 0 bridgehead atoms. The van der Waals surface area contributed by atoms with E-state index in [-0.39, 0.29) is 10.0 Å². The van der Waals surface area contributed by atoms with Gasteiger partial charge in [-0.05, 0) is 36.8 Å². The van der Waals surface area contributed by atoms with Crippen molar-refractivity contribution in [2.75, 3.05) is 4.72 Å². The molecule has 1 N–H and O–H groups in total. The Morgan fingerprint density at radius 2 is 1.89 bits per heavy atom. The summed E-state index contributed by atoms with van der Waals surface area (Å²) >= 11 is 11.6. The summed E-state index contributed by atoms with van der Waals surface area (Å²) in [5, 5.41) is 0.609. The zero-order valence-electron chi connectivity index (χ0n) is 9.89. The third kappa shape index (κ3) is 3.37. The van der Waals surface area contributed by atoms with Gasteiger partial charge in [-0.3, -0.25) is 4.72 Å². The summed E-state index contributed by atoms with van der Waals surface area (Å²) in [6.07, 6.45) is 1.33. The van der Waals surface area contributed by atoms with Crippen molar-refractivity contribution in [1.29, 1.82) is 0 Å². The van der Waals surface area contributed by atoms with Crippen molar-refractivity contribution < 1.29 is 8.42 Å². The molecule has 0 aliphatic carbocycles. The van der Waals surface area contributed by atoms with Crippen LogP contribution in [0.4, 0.5) is 5.69 Å². The largest absolute Gasteiger partial charge is 0.280 e. The predicted octanol–water partition coefficient (Wildman–Crippen LogP) is 3.50. The normalized spacial score (nSPS) is 11.3. The fourth-order valence-electron chi connectivity index (χ4n) is 1.42. The number of benzene rings is 1. The lowest BCUT2D eigenvalue weighted by Gasteiger charge is -2.09. The third-order valence-corrected chi connectivity index (χ3v) is 4.43. The van der Waals surface area contributed by atoms with Crippen LogP contribution in [-0.2, 0) is 10.0 Å². The molecule has 0 fully saturated rings. The summed E-state index contributed by atoms with van der Waals surface area (Å²) < 4.78 is 26.6. The Morgan fingerprint density at radius 1 is 1.16 bits per heavy atom. The van der Waals surface area contributed by atoms with E-state index >= 15 is 0 Å². The standard InChI is InChI=1S/C12H10Cl2N2O2S/c1-8-2-3-9(6-11(8)13)16-19(17,18)10-4-5-15-12(14)7-10/h2-7,16H,1H3. The Labute approximate surface area is 121 Å². The van der Waals surface area contributed by atoms with Crippen LogP contribution in [0, 0.1) is 6.92 Å². The molecule has 0 unspecified atom stereocenters. The fourth-order valence-corrected chi connectivity index (χ4v) is 2.90. The third-order valence-electron chi connectivity index (χ3n) is 2.43. The first kappa shape index (κ1) is 14.1. The monoisotopic (exact) mass is 316 g/mol. The minimum Gasteiger partial charge on any atom is -0.280 e. The first-order valence-electron chi connectivity index (χ1n) is 5.29. The van der Waals surface area contributed by atoms with Gasteiger partial charge in [-0.1, -0.05) is 29.3 Å². The SMILES string of the molecule is Cc1ccc(NS(=O)(=O)c2ccnc(Cl)c2)cc1Cl. The van der Waals surface area contributed by atoms with Gasteiger partial charge in [0.1, 0.15) is 5.15 Å². The van der Waals surface area contributed by atoms with E-state index in [2.05, 4.69) is 9.71 Å². The van der Waals surface area contributed by atoms with Gasteiger partial charge in [0.2, 0.25) is 0 Å². The molecule has 0 radical (unpaired) electrons. The topological polar surface area (TPSA) is 59.1 Å². The Morgan fingerprint density at radius 3 is 2.53 bits per heavy atom. The summed E-state index contributed by atoms with van der Waals surface area (Å²) in [4.78, 5) is 3.78. The van der Waals surface area contributed by atoms with E-state index < -0.39 is 10.0 Å². The highest BCUT2D eigenvalue weighted by Gasteiger charge is 2.15. The zero-order valence-corrected chi connectivity index (χ0v) is 12.2. The molecule has 0 spiro atoms. The molecule has 7 heteroatoms. The maximum Gasteiger partial charge on any atom is 0.262 e. The molecular formula is C12H10Cl2N2O2S. The van der Waals surface area contributed by atoms with Crippen LogP contribution in [-0.4, -0.2) is 13.4 Å². The maximum absolute atomic E-state index is 12.1. The van der Waals surface area contributed by atoms with Gasteiger partial charge in [0, 0.05) is 11.2 Å². The van der Waals surface area contributed by atoms with Crippen molar-refractivity contribution in [1.82, 2.24) is 4.98 Å². The number of hydrogen-bond acceptors (Lipinski definition) is 3. The molecule has 0 aliphatic rings. The van der Waals surface area contributed by atoms with Gasteiger partial charge in [0.15, 0.2) is 0 Å². The number of anilines is 1. The first-order chi connectivity index (χ1) is 8.88. The number of halogens is 2. The molecule has 1 heterocycles. The Hall–Kier alpha value is -1.30. The van der Waals surface area contributed by atoms with E-state index in [4.69, 9.17) is 23.2 Å². The Balaban J connectivity index is 2.33. The van der Waals surface area contributed by atoms with Crippen molar-refractivity contribution in [3.05, 3.63) is 52.3 Å². The van der Waals surface area contributed by atoms with Gasteiger partial charge < -0.3 is 0 Å². The molecule has 0 amide bonds. The second kappa shape index (κ2) is 5.36. The van der Waals surface area contributed by atoms with Crippen LogP contribution in [0.1, 0.15) is 5.56 Å². The molecule has 1 aromatic carbocycles. The fraction of sp³-hybridized carbons (Fsp3) is 0.0833. The number of nitrogens with one attached hydrogen (secondary N) is 1.